The molecule has 0 saturated carbocycles. The first-order valence-corrected chi connectivity index (χ1v) is 31.7. The fourth-order valence-electron chi connectivity index (χ4n) is 8.80. The second-order valence-corrected chi connectivity index (χ2v) is 26.2. The van der Waals surface area contributed by atoms with Gasteiger partial charge in [0.2, 0.25) is 0 Å². The van der Waals surface area contributed by atoms with Gasteiger partial charge in [0.25, 0.3) is 60.7 Å². The van der Waals surface area contributed by atoms with Crippen molar-refractivity contribution in [2.75, 3.05) is 0 Å². The van der Waals surface area contributed by atoms with Crippen LogP contribution in [0, 0.1) is 0 Å². The molecular formula is C50H32N8O20S6. The molecule has 84 heavy (non-hydrogen) atoms. The van der Waals surface area contributed by atoms with Gasteiger partial charge in [-0.1, -0.05) is 42.5 Å². The summed E-state index contributed by atoms with van der Waals surface area (Å²) in [5, 5.41) is 55.1. The van der Waals surface area contributed by atoms with Crippen molar-refractivity contribution in [3.05, 3.63) is 146 Å². The molecule has 0 aliphatic carbocycles. The molecule has 0 saturated heterocycles. The lowest BCUT2D eigenvalue weighted by atomic mass is 10.1. The fourth-order valence-corrected chi connectivity index (χ4v) is 12.2. The number of azo groups is 4. The SMILES string of the molecule is O=S(=O)(O)c1ccc2c(N=Nc3ccc(N=Nc4ccc(S(=O)(=O)O)c5ccccc45)c4ccc(S(=O)(=O)O)cc34)ccc(N=Nc3ccc(N=Nc4cc(S(=O)(=O)O)c(O)c5ccc(S(=O)(=O)O)c(O)c45)c4cc(S(=O)(=O)O)ccc34)c2c1. The van der Waals surface area contributed by atoms with E-state index in [0.29, 0.717) is 17.5 Å². The standard InChI is InChI=1S/C50H32N8O20S6/c59-49-33-11-19-46(83(73,74)75)50(60)48(33)44(24-47(49)84(76,77)78)58-57-43-17-14-39(31-10-7-27(23-36(31)43)81(67,68)69)53-56-42-16-13-38(30-9-6-26(22-35(30)42)80(64,65)66)52-55-41-15-12-37(29-8-5-25(21-34(29)41)79(61,62)63)51-54-40-18-20-45(82(70,71)72)32-4-2-1-3-28(32)40/h1-24,59-60H,(H,61,62,63)(H,64,65,66)(H,67,68,69)(H,70,71,72)(H,73,74,75)(H,76,77,78). The molecule has 0 radical (unpaired) electrons. The Kier molecular flexibility index (Phi) is 14.5. The molecule has 0 atom stereocenters. The summed E-state index contributed by atoms with van der Waals surface area (Å²) in [5.74, 6) is -2.40. The summed E-state index contributed by atoms with van der Waals surface area (Å²) < 4.78 is 207. The van der Waals surface area contributed by atoms with E-state index < -0.39 is 113 Å². The molecular weight excluding hydrogens is 1220 g/mol. The van der Waals surface area contributed by atoms with Gasteiger partial charge in [0.1, 0.15) is 26.2 Å². The van der Waals surface area contributed by atoms with E-state index in [0.717, 1.165) is 60.7 Å². The summed E-state index contributed by atoms with van der Waals surface area (Å²) >= 11 is 0. The van der Waals surface area contributed by atoms with Gasteiger partial charge in [0.05, 0.1) is 65.6 Å². The first-order chi connectivity index (χ1) is 39.3. The highest BCUT2D eigenvalue weighted by atomic mass is 32.2. The van der Waals surface area contributed by atoms with E-state index in [1.54, 1.807) is 18.2 Å². The number of nitrogens with zero attached hydrogens (tertiary/aromatic N) is 8. The minimum Gasteiger partial charge on any atom is -0.506 e. The predicted molar refractivity (Wildman–Crippen MR) is 299 cm³/mol. The molecule has 10 aromatic rings. The third-order valence-corrected chi connectivity index (χ3v) is 17.8. The highest BCUT2D eigenvalue weighted by Gasteiger charge is 2.27. The van der Waals surface area contributed by atoms with E-state index in [1.807, 2.05) is 0 Å². The highest BCUT2D eigenvalue weighted by molar-refractivity contribution is 7.87. The van der Waals surface area contributed by atoms with Gasteiger partial charge >= 0.3 is 0 Å². The third-order valence-electron chi connectivity index (χ3n) is 12.6. The van der Waals surface area contributed by atoms with Crippen molar-refractivity contribution >= 4 is 160 Å². The zero-order chi connectivity index (χ0) is 60.6. The van der Waals surface area contributed by atoms with Crippen LogP contribution in [0.25, 0.3) is 53.9 Å². The lowest BCUT2D eigenvalue weighted by molar-refractivity contribution is 0.441. The molecule has 0 aliphatic heterocycles. The van der Waals surface area contributed by atoms with Crippen LogP contribution in [0.5, 0.6) is 11.5 Å². The molecule has 10 rings (SSSR count). The van der Waals surface area contributed by atoms with E-state index >= 15 is 0 Å². The van der Waals surface area contributed by atoms with Crippen LogP contribution >= 0.6 is 0 Å². The zero-order valence-corrected chi connectivity index (χ0v) is 46.3. The van der Waals surface area contributed by atoms with E-state index in [9.17, 15) is 88.0 Å². The van der Waals surface area contributed by atoms with Crippen molar-refractivity contribution < 1.29 is 88.0 Å². The van der Waals surface area contributed by atoms with Crippen molar-refractivity contribution in [3.8, 4) is 11.5 Å². The van der Waals surface area contributed by atoms with Crippen LogP contribution < -0.4 is 0 Å². The van der Waals surface area contributed by atoms with Crippen molar-refractivity contribution in [1.29, 1.82) is 0 Å². The summed E-state index contributed by atoms with van der Waals surface area (Å²) in [6, 6.07) is 28.3. The molecule has 10 aromatic carbocycles. The van der Waals surface area contributed by atoms with Gasteiger partial charge in [-0.3, -0.25) is 27.3 Å². The molecule has 0 heterocycles. The van der Waals surface area contributed by atoms with Crippen molar-refractivity contribution in [3.63, 3.8) is 0 Å². The number of hydrogen-bond donors (Lipinski definition) is 8. The molecule has 0 spiro atoms. The Labute approximate surface area is 472 Å². The molecule has 428 valence electrons. The Hall–Kier alpha value is -9.04. The van der Waals surface area contributed by atoms with Crippen LogP contribution in [0.15, 0.2) is 216 Å². The van der Waals surface area contributed by atoms with E-state index in [-0.39, 0.29) is 82.4 Å². The molecule has 0 fully saturated rings. The number of phenols is 2. The van der Waals surface area contributed by atoms with Gasteiger partial charge < -0.3 is 10.2 Å². The Bertz CT molecular complexity index is 5420. The van der Waals surface area contributed by atoms with E-state index in [4.69, 9.17) is 0 Å². The number of phenolic OH excluding ortho intramolecular Hbond substituents is 2. The second-order valence-electron chi connectivity index (χ2n) is 17.8. The summed E-state index contributed by atoms with van der Waals surface area (Å²) in [7, 11) is -29.7. The van der Waals surface area contributed by atoms with Crippen LogP contribution in [-0.2, 0) is 60.7 Å². The maximum Gasteiger partial charge on any atom is 0.298 e. The van der Waals surface area contributed by atoms with Crippen molar-refractivity contribution in [2.24, 2.45) is 40.9 Å². The third kappa shape index (κ3) is 11.4. The van der Waals surface area contributed by atoms with Gasteiger partial charge in [-0.25, -0.2) is 0 Å². The Morgan fingerprint density at radius 1 is 0.238 bits per heavy atom. The van der Waals surface area contributed by atoms with Crippen molar-refractivity contribution in [2.45, 2.75) is 29.4 Å². The maximum atomic E-state index is 12.5. The lowest BCUT2D eigenvalue weighted by Gasteiger charge is -2.12. The molecule has 0 bridgehead atoms. The second kappa shape index (κ2) is 21.0. The minimum atomic E-state index is -5.26. The number of hydrogen-bond acceptors (Lipinski definition) is 22. The number of benzene rings is 10. The van der Waals surface area contributed by atoms with Gasteiger partial charge in [0, 0.05) is 48.5 Å². The molecule has 34 heteroatoms. The topological polar surface area (TPSA) is 466 Å². The monoisotopic (exact) mass is 1260 g/mol. The van der Waals surface area contributed by atoms with Gasteiger partial charge in [-0.15, -0.1) is 40.9 Å². The zero-order valence-electron chi connectivity index (χ0n) is 41.4. The number of aromatic hydroxyl groups is 2. The first-order valence-electron chi connectivity index (χ1n) is 23.0. The molecule has 0 amide bonds. The first kappa shape index (κ1) is 58.2. The summed E-state index contributed by atoms with van der Waals surface area (Å²) in [6.45, 7) is 0. The van der Waals surface area contributed by atoms with Gasteiger partial charge in [-0.2, -0.15) is 50.5 Å². The largest absolute Gasteiger partial charge is 0.506 e. The number of rotatable bonds is 14. The lowest BCUT2D eigenvalue weighted by Crippen LogP contribution is -2.01. The Morgan fingerprint density at radius 3 is 0.869 bits per heavy atom. The molecule has 28 nitrogen and oxygen atoms in total. The summed E-state index contributed by atoms with van der Waals surface area (Å²) in [6.07, 6.45) is 0. The van der Waals surface area contributed by atoms with Crippen LogP contribution in [0.1, 0.15) is 0 Å². The van der Waals surface area contributed by atoms with Crippen LogP contribution in [0.4, 0.5) is 45.5 Å². The quantitative estimate of drug-likeness (QED) is 0.0370. The van der Waals surface area contributed by atoms with Crippen LogP contribution in [-0.4, -0.2) is 88.0 Å². The van der Waals surface area contributed by atoms with E-state index in [1.165, 1.54) is 54.6 Å². The smallest absolute Gasteiger partial charge is 0.298 e. The highest BCUT2D eigenvalue weighted by Crippen LogP contribution is 2.47. The Balaban J connectivity index is 1.06. The number of fused-ring (bicyclic) bond motifs is 5. The van der Waals surface area contributed by atoms with Crippen molar-refractivity contribution in [1.82, 2.24) is 0 Å². The minimum absolute atomic E-state index is 0.000373. The summed E-state index contributed by atoms with van der Waals surface area (Å²) in [5.41, 5.74) is -0.817. The van der Waals surface area contributed by atoms with E-state index in [2.05, 4.69) is 40.9 Å². The average Bonchev–Trinajstić information content (AvgIpc) is 1.17. The molecule has 0 aliphatic rings. The molecule has 0 aromatic heterocycles. The summed E-state index contributed by atoms with van der Waals surface area (Å²) in [4.78, 5) is -4.50. The van der Waals surface area contributed by atoms with Gasteiger partial charge in [-0.05, 0) is 103 Å². The molecule has 0 unspecified atom stereocenters. The fraction of sp³-hybridized carbons (Fsp3) is 0. The molecule has 8 N–H and O–H groups in total. The van der Waals surface area contributed by atoms with Crippen LogP contribution in [0.3, 0.4) is 0 Å². The normalized spacial score (nSPS) is 13.4. The predicted octanol–water partition coefficient (Wildman–Crippen LogP) is 12.0. The average molecular weight is 1260 g/mol. The Morgan fingerprint density at radius 2 is 0.524 bits per heavy atom. The van der Waals surface area contributed by atoms with Crippen LogP contribution in [0.2, 0.25) is 0 Å². The van der Waals surface area contributed by atoms with Gasteiger partial charge in [0.15, 0.2) is 0 Å². The maximum absolute atomic E-state index is 12.5.